The van der Waals surface area contributed by atoms with Crippen molar-refractivity contribution in [3.8, 4) is 0 Å². The average Bonchev–Trinajstić information content (AvgIpc) is 2.85. The van der Waals surface area contributed by atoms with E-state index in [1.54, 1.807) is 12.1 Å². The lowest BCUT2D eigenvalue weighted by Crippen LogP contribution is -2.19. The molecule has 1 heterocycles. The van der Waals surface area contributed by atoms with Gasteiger partial charge in [-0.2, -0.15) is 5.10 Å². The van der Waals surface area contributed by atoms with Crippen LogP contribution in [0.4, 0.5) is 0 Å². The lowest BCUT2D eigenvalue weighted by atomic mass is 10.1. The van der Waals surface area contributed by atoms with Crippen molar-refractivity contribution < 1.29 is 9.21 Å². The van der Waals surface area contributed by atoms with Crippen LogP contribution in [0, 0.1) is 0 Å². The van der Waals surface area contributed by atoms with E-state index < -0.39 is 0 Å². The van der Waals surface area contributed by atoms with Gasteiger partial charge in [0.15, 0.2) is 4.67 Å². The Bertz CT molecular complexity index is 603. The van der Waals surface area contributed by atoms with Crippen molar-refractivity contribution in [1.29, 1.82) is 0 Å². The molecule has 0 fully saturated rings. The highest BCUT2D eigenvalue weighted by Gasteiger charge is 2.02. The number of aryl methyl sites for hydroxylation is 1. The van der Waals surface area contributed by atoms with E-state index >= 15 is 0 Å². The molecule has 0 aliphatic carbocycles. The number of carbonyl (C=O) groups excluding carboxylic acids is 1. The Morgan fingerprint density at radius 3 is 2.55 bits per heavy atom. The number of hydrazone groups is 1. The van der Waals surface area contributed by atoms with Gasteiger partial charge in [0.1, 0.15) is 5.76 Å². The zero-order chi connectivity index (χ0) is 14.4. The van der Waals surface area contributed by atoms with Gasteiger partial charge in [-0.15, -0.1) is 0 Å². The van der Waals surface area contributed by atoms with Crippen LogP contribution in [0.25, 0.3) is 0 Å². The van der Waals surface area contributed by atoms with Gasteiger partial charge < -0.3 is 4.42 Å². The minimum atomic E-state index is -0.156. The summed E-state index contributed by atoms with van der Waals surface area (Å²) in [4.78, 5) is 11.7. The Morgan fingerprint density at radius 1 is 1.25 bits per heavy atom. The molecule has 2 rings (SSSR count). The number of halogens is 1. The fourth-order valence-corrected chi connectivity index (χ4v) is 2.00. The van der Waals surface area contributed by atoms with Crippen LogP contribution in [0.5, 0.6) is 0 Å². The maximum Gasteiger partial charge on any atom is 0.244 e. The van der Waals surface area contributed by atoms with E-state index in [2.05, 4.69) is 33.4 Å². The van der Waals surface area contributed by atoms with Crippen LogP contribution in [0.2, 0.25) is 0 Å². The number of benzene rings is 1. The molecular formula is C15H15BrN2O2. The molecule has 0 bridgehead atoms. The van der Waals surface area contributed by atoms with Crippen molar-refractivity contribution >= 4 is 28.1 Å². The van der Waals surface area contributed by atoms with Crippen LogP contribution < -0.4 is 5.43 Å². The van der Waals surface area contributed by atoms with E-state index in [9.17, 15) is 4.79 Å². The number of hydrogen-bond acceptors (Lipinski definition) is 3. The average molecular weight is 335 g/mol. The van der Waals surface area contributed by atoms with Gasteiger partial charge in [0, 0.05) is 0 Å². The summed E-state index contributed by atoms with van der Waals surface area (Å²) >= 11 is 3.19. The van der Waals surface area contributed by atoms with Gasteiger partial charge >= 0.3 is 0 Å². The number of nitrogens with zero attached hydrogens (tertiary/aromatic N) is 1. The highest BCUT2D eigenvalue weighted by molar-refractivity contribution is 9.10. The second-order valence-corrected chi connectivity index (χ2v) is 5.06. The zero-order valence-electron chi connectivity index (χ0n) is 11.1. The fraction of sp³-hybridized carbons (Fsp3) is 0.200. The quantitative estimate of drug-likeness (QED) is 0.673. The van der Waals surface area contributed by atoms with Crippen LogP contribution in [0.1, 0.15) is 23.8 Å². The minimum Gasteiger partial charge on any atom is -0.448 e. The third kappa shape index (κ3) is 4.35. The first-order valence-corrected chi connectivity index (χ1v) is 7.11. The van der Waals surface area contributed by atoms with Crippen molar-refractivity contribution in [2.45, 2.75) is 19.8 Å². The second kappa shape index (κ2) is 7.05. The van der Waals surface area contributed by atoms with E-state index in [0.717, 1.165) is 12.0 Å². The molecule has 20 heavy (non-hydrogen) atoms. The van der Waals surface area contributed by atoms with Crippen molar-refractivity contribution in [2.75, 3.05) is 0 Å². The number of nitrogens with one attached hydrogen (secondary N) is 1. The third-order valence-corrected chi connectivity index (χ3v) is 3.20. The monoisotopic (exact) mass is 334 g/mol. The fourth-order valence-electron chi connectivity index (χ4n) is 1.68. The molecule has 0 aliphatic rings. The number of amides is 1. The van der Waals surface area contributed by atoms with E-state index in [0.29, 0.717) is 16.9 Å². The molecule has 0 spiro atoms. The molecule has 0 aliphatic heterocycles. The lowest BCUT2D eigenvalue weighted by Gasteiger charge is -2.01. The van der Waals surface area contributed by atoms with Gasteiger partial charge in [0.2, 0.25) is 5.91 Å². The molecule has 2 aromatic rings. The standard InChI is InChI=1S/C15H15BrN2O2/c1-2-11-3-5-12(6-4-11)9-15(19)18-17-10-13-7-8-14(16)20-13/h3-8,10H,2,9H2,1H3,(H,18,19)/b17-10-. The number of carbonyl (C=O) groups is 1. The van der Waals surface area contributed by atoms with E-state index in [-0.39, 0.29) is 5.91 Å². The molecule has 1 amide bonds. The summed E-state index contributed by atoms with van der Waals surface area (Å²) in [6.07, 6.45) is 2.77. The second-order valence-electron chi connectivity index (χ2n) is 4.28. The van der Waals surface area contributed by atoms with Crippen LogP contribution in [0.15, 0.2) is 50.6 Å². The normalized spacial score (nSPS) is 10.9. The summed E-state index contributed by atoms with van der Waals surface area (Å²) < 4.78 is 5.85. The Kier molecular flexibility index (Phi) is 5.12. The van der Waals surface area contributed by atoms with Gasteiger partial charge in [-0.3, -0.25) is 4.79 Å². The van der Waals surface area contributed by atoms with Crippen molar-refractivity contribution in [2.24, 2.45) is 5.10 Å². The van der Waals surface area contributed by atoms with Crippen molar-refractivity contribution in [3.63, 3.8) is 0 Å². The van der Waals surface area contributed by atoms with Crippen molar-refractivity contribution in [3.05, 3.63) is 58.0 Å². The maximum atomic E-state index is 11.7. The molecule has 104 valence electrons. The van der Waals surface area contributed by atoms with Gasteiger partial charge in [-0.1, -0.05) is 31.2 Å². The Balaban J connectivity index is 1.84. The first-order valence-electron chi connectivity index (χ1n) is 6.32. The van der Waals surface area contributed by atoms with Gasteiger partial charge in [0.05, 0.1) is 12.6 Å². The number of furan rings is 1. The third-order valence-electron chi connectivity index (χ3n) is 2.77. The Morgan fingerprint density at radius 2 is 1.95 bits per heavy atom. The molecule has 4 nitrogen and oxygen atoms in total. The summed E-state index contributed by atoms with van der Waals surface area (Å²) in [7, 11) is 0. The van der Waals surface area contributed by atoms with Crippen LogP contribution >= 0.6 is 15.9 Å². The highest BCUT2D eigenvalue weighted by atomic mass is 79.9. The largest absolute Gasteiger partial charge is 0.448 e. The van der Waals surface area contributed by atoms with Gasteiger partial charge in [-0.25, -0.2) is 5.43 Å². The van der Waals surface area contributed by atoms with E-state index in [4.69, 9.17) is 4.42 Å². The molecule has 0 saturated heterocycles. The number of hydrogen-bond donors (Lipinski definition) is 1. The smallest absolute Gasteiger partial charge is 0.244 e. The molecule has 0 saturated carbocycles. The molecule has 0 atom stereocenters. The first kappa shape index (κ1) is 14.5. The van der Waals surface area contributed by atoms with Crippen molar-refractivity contribution in [1.82, 2.24) is 5.43 Å². The van der Waals surface area contributed by atoms with Gasteiger partial charge in [0.25, 0.3) is 0 Å². The minimum absolute atomic E-state index is 0.156. The van der Waals surface area contributed by atoms with E-state index in [1.807, 2.05) is 24.3 Å². The zero-order valence-corrected chi connectivity index (χ0v) is 12.7. The number of rotatable bonds is 5. The first-order chi connectivity index (χ1) is 9.67. The van der Waals surface area contributed by atoms with Crippen LogP contribution in [-0.4, -0.2) is 12.1 Å². The summed E-state index contributed by atoms with van der Waals surface area (Å²) in [5.74, 6) is 0.417. The summed E-state index contributed by atoms with van der Waals surface area (Å²) in [6, 6.07) is 11.5. The van der Waals surface area contributed by atoms with Crippen LogP contribution in [0.3, 0.4) is 0 Å². The predicted octanol–water partition coefficient (Wildman–Crippen LogP) is 3.30. The highest BCUT2D eigenvalue weighted by Crippen LogP contribution is 2.12. The molecular weight excluding hydrogens is 320 g/mol. The molecule has 1 N–H and O–H groups in total. The molecule has 0 unspecified atom stereocenters. The maximum absolute atomic E-state index is 11.7. The molecule has 1 aromatic carbocycles. The molecule has 5 heteroatoms. The Hall–Kier alpha value is -1.88. The summed E-state index contributed by atoms with van der Waals surface area (Å²) in [5, 5.41) is 3.85. The SMILES string of the molecule is CCc1ccc(CC(=O)N/N=C\c2ccc(Br)o2)cc1. The molecule has 1 aromatic heterocycles. The summed E-state index contributed by atoms with van der Waals surface area (Å²) in [5.41, 5.74) is 4.70. The lowest BCUT2D eigenvalue weighted by molar-refractivity contribution is -0.120. The molecule has 0 radical (unpaired) electrons. The van der Waals surface area contributed by atoms with Crippen LogP contribution in [-0.2, 0) is 17.6 Å². The van der Waals surface area contributed by atoms with E-state index in [1.165, 1.54) is 11.8 Å². The Labute approximate surface area is 126 Å². The van der Waals surface area contributed by atoms with Gasteiger partial charge in [-0.05, 0) is 45.6 Å². The topological polar surface area (TPSA) is 54.6 Å². The summed E-state index contributed by atoms with van der Waals surface area (Å²) in [6.45, 7) is 2.10. The predicted molar refractivity (Wildman–Crippen MR) is 81.7 cm³/mol.